The number of ether oxygens (including phenoxy) is 2. The number of benzene rings is 1. The molecule has 1 rings (SSSR count). The molecule has 114 valence electrons. The van der Waals surface area contributed by atoms with Crippen LogP contribution in [0.1, 0.15) is 26.3 Å². The lowest BCUT2D eigenvalue weighted by atomic mass is 10.1. The zero-order valence-electron chi connectivity index (χ0n) is 13.1. The van der Waals surface area contributed by atoms with Gasteiger partial charge in [0.1, 0.15) is 6.61 Å². The molecule has 4 heteroatoms. The third-order valence-electron chi connectivity index (χ3n) is 2.47. The van der Waals surface area contributed by atoms with Crippen LogP contribution in [0.5, 0.6) is 11.5 Å². The molecule has 1 N–H and O–H groups in total. The largest absolute Gasteiger partial charge is 0.493 e. The normalized spacial score (nSPS) is 11.2. The van der Waals surface area contributed by atoms with Crippen LogP contribution in [-0.4, -0.2) is 25.2 Å². The van der Waals surface area contributed by atoms with Crippen molar-refractivity contribution in [1.82, 2.24) is 5.32 Å². The monoisotopic (exact) mass is 289 g/mol. The Morgan fingerprint density at radius 1 is 1.33 bits per heavy atom. The van der Waals surface area contributed by atoms with Crippen LogP contribution in [0.15, 0.2) is 36.9 Å². The lowest BCUT2D eigenvalue weighted by Crippen LogP contribution is -2.39. The lowest BCUT2D eigenvalue weighted by Gasteiger charge is -2.19. The van der Waals surface area contributed by atoms with Gasteiger partial charge in [-0.05, 0) is 44.5 Å². The summed E-state index contributed by atoms with van der Waals surface area (Å²) in [5.41, 5.74) is 0.614. The smallest absolute Gasteiger partial charge is 0.244 e. The number of amides is 1. The SMILES string of the molecule is C=CCOc1ccc(/C=C/C(=O)NC(C)(C)C)cc1OC. The van der Waals surface area contributed by atoms with Crippen molar-refractivity contribution < 1.29 is 14.3 Å². The number of methoxy groups -OCH3 is 1. The van der Waals surface area contributed by atoms with Crippen LogP contribution in [0.25, 0.3) is 6.08 Å². The topological polar surface area (TPSA) is 47.6 Å². The molecule has 0 bridgehead atoms. The first-order valence-electron chi connectivity index (χ1n) is 6.77. The minimum atomic E-state index is -0.249. The highest BCUT2D eigenvalue weighted by Crippen LogP contribution is 2.28. The Labute approximate surface area is 126 Å². The van der Waals surface area contributed by atoms with Crippen molar-refractivity contribution in [2.45, 2.75) is 26.3 Å². The average Bonchev–Trinajstić information content (AvgIpc) is 2.41. The van der Waals surface area contributed by atoms with Crippen LogP contribution >= 0.6 is 0 Å². The molecule has 1 amide bonds. The van der Waals surface area contributed by atoms with E-state index in [0.29, 0.717) is 18.1 Å². The van der Waals surface area contributed by atoms with E-state index in [4.69, 9.17) is 9.47 Å². The molecule has 0 spiro atoms. The zero-order valence-corrected chi connectivity index (χ0v) is 13.1. The fraction of sp³-hybridized carbons (Fsp3) is 0.353. The fourth-order valence-corrected chi connectivity index (χ4v) is 1.64. The summed E-state index contributed by atoms with van der Waals surface area (Å²) in [6.45, 7) is 9.84. The highest BCUT2D eigenvalue weighted by molar-refractivity contribution is 5.92. The molecule has 1 aromatic carbocycles. The van der Waals surface area contributed by atoms with Gasteiger partial charge < -0.3 is 14.8 Å². The van der Waals surface area contributed by atoms with Crippen molar-refractivity contribution in [2.24, 2.45) is 0 Å². The number of nitrogens with one attached hydrogen (secondary N) is 1. The van der Waals surface area contributed by atoms with Crippen molar-refractivity contribution in [3.05, 3.63) is 42.5 Å². The van der Waals surface area contributed by atoms with E-state index in [2.05, 4.69) is 11.9 Å². The van der Waals surface area contributed by atoms with Crippen molar-refractivity contribution in [3.8, 4) is 11.5 Å². The molecule has 4 nitrogen and oxygen atoms in total. The molecule has 0 aliphatic carbocycles. The predicted octanol–water partition coefficient (Wildman–Crippen LogP) is 3.19. The number of carbonyl (C=O) groups is 1. The van der Waals surface area contributed by atoms with E-state index >= 15 is 0 Å². The van der Waals surface area contributed by atoms with Crippen molar-refractivity contribution in [3.63, 3.8) is 0 Å². The molecule has 0 radical (unpaired) electrons. The summed E-state index contributed by atoms with van der Waals surface area (Å²) < 4.78 is 10.8. The first-order valence-corrected chi connectivity index (χ1v) is 6.77. The number of rotatable bonds is 6. The minimum Gasteiger partial charge on any atom is -0.493 e. The highest BCUT2D eigenvalue weighted by atomic mass is 16.5. The third-order valence-corrected chi connectivity index (χ3v) is 2.47. The van der Waals surface area contributed by atoms with E-state index in [0.717, 1.165) is 5.56 Å². The van der Waals surface area contributed by atoms with E-state index in [1.165, 1.54) is 6.08 Å². The molecule has 0 saturated heterocycles. The van der Waals surface area contributed by atoms with Crippen LogP contribution in [0, 0.1) is 0 Å². The summed E-state index contributed by atoms with van der Waals surface area (Å²) in [6, 6.07) is 5.49. The van der Waals surface area contributed by atoms with Gasteiger partial charge in [0.05, 0.1) is 7.11 Å². The van der Waals surface area contributed by atoms with Gasteiger partial charge >= 0.3 is 0 Å². The zero-order chi connectivity index (χ0) is 15.9. The number of hydrogen-bond donors (Lipinski definition) is 1. The van der Waals surface area contributed by atoms with E-state index in [1.54, 1.807) is 19.3 Å². The minimum absolute atomic E-state index is 0.131. The number of carbonyl (C=O) groups excluding carboxylic acids is 1. The average molecular weight is 289 g/mol. The van der Waals surface area contributed by atoms with Gasteiger partial charge in [-0.15, -0.1) is 0 Å². The quantitative estimate of drug-likeness (QED) is 0.646. The van der Waals surface area contributed by atoms with Gasteiger partial charge in [-0.25, -0.2) is 0 Å². The molecule has 0 unspecified atom stereocenters. The van der Waals surface area contributed by atoms with Crippen LogP contribution < -0.4 is 14.8 Å². The molecule has 0 saturated carbocycles. The standard InChI is InChI=1S/C17H23NO3/c1-6-11-21-14-9-7-13(12-15(14)20-5)8-10-16(19)18-17(2,3)4/h6-10,12H,1,11H2,2-5H3,(H,18,19)/b10-8+. The van der Waals surface area contributed by atoms with Gasteiger partial charge in [0.15, 0.2) is 11.5 Å². The maximum atomic E-state index is 11.7. The van der Waals surface area contributed by atoms with Gasteiger partial charge in [0.2, 0.25) is 5.91 Å². The van der Waals surface area contributed by atoms with Crippen LogP contribution in [0.4, 0.5) is 0 Å². The maximum absolute atomic E-state index is 11.7. The summed E-state index contributed by atoms with van der Waals surface area (Å²) in [5, 5.41) is 2.86. The molecule has 0 fully saturated rings. The molecule has 0 aliphatic heterocycles. The Morgan fingerprint density at radius 3 is 2.62 bits per heavy atom. The molecule has 0 aromatic heterocycles. The van der Waals surface area contributed by atoms with Gasteiger partial charge in [0, 0.05) is 11.6 Å². The Hall–Kier alpha value is -2.23. The van der Waals surface area contributed by atoms with Crippen LogP contribution in [0.2, 0.25) is 0 Å². The van der Waals surface area contributed by atoms with Crippen molar-refractivity contribution in [1.29, 1.82) is 0 Å². The van der Waals surface area contributed by atoms with Gasteiger partial charge in [-0.3, -0.25) is 4.79 Å². The Kier molecular flexibility index (Phi) is 6.03. The lowest BCUT2D eigenvalue weighted by molar-refractivity contribution is -0.117. The predicted molar refractivity (Wildman–Crippen MR) is 85.6 cm³/mol. The molecule has 0 atom stereocenters. The summed E-state index contributed by atoms with van der Waals surface area (Å²) in [4.78, 5) is 11.7. The fourth-order valence-electron chi connectivity index (χ4n) is 1.64. The van der Waals surface area contributed by atoms with Gasteiger partial charge in [-0.1, -0.05) is 18.7 Å². The maximum Gasteiger partial charge on any atom is 0.244 e. The molecule has 0 heterocycles. The Bertz CT molecular complexity index is 527. The van der Waals surface area contributed by atoms with Crippen molar-refractivity contribution >= 4 is 12.0 Å². The summed E-state index contributed by atoms with van der Waals surface area (Å²) >= 11 is 0. The Balaban J connectivity index is 2.80. The van der Waals surface area contributed by atoms with Crippen molar-refractivity contribution in [2.75, 3.05) is 13.7 Å². The molecule has 21 heavy (non-hydrogen) atoms. The summed E-state index contributed by atoms with van der Waals surface area (Å²) in [6.07, 6.45) is 4.91. The molecule has 1 aromatic rings. The second-order valence-electron chi connectivity index (χ2n) is 5.58. The van der Waals surface area contributed by atoms with Crippen LogP contribution in [-0.2, 0) is 4.79 Å². The first-order chi connectivity index (χ1) is 9.85. The first kappa shape index (κ1) is 16.8. The molecular formula is C17H23NO3. The van der Waals surface area contributed by atoms with Gasteiger partial charge in [0.25, 0.3) is 0 Å². The van der Waals surface area contributed by atoms with Crippen LogP contribution in [0.3, 0.4) is 0 Å². The Morgan fingerprint density at radius 2 is 2.05 bits per heavy atom. The molecule has 0 aliphatic rings. The second kappa shape index (κ2) is 7.53. The second-order valence-corrected chi connectivity index (χ2v) is 5.58. The summed E-state index contributed by atoms with van der Waals surface area (Å²) in [7, 11) is 1.58. The third kappa shape index (κ3) is 6.17. The van der Waals surface area contributed by atoms with E-state index in [1.807, 2.05) is 39.0 Å². The van der Waals surface area contributed by atoms with E-state index in [9.17, 15) is 4.79 Å². The summed E-state index contributed by atoms with van der Waals surface area (Å²) in [5.74, 6) is 1.14. The van der Waals surface area contributed by atoms with Gasteiger partial charge in [-0.2, -0.15) is 0 Å². The molecular weight excluding hydrogens is 266 g/mol. The van der Waals surface area contributed by atoms with E-state index < -0.39 is 0 Å². The highest BCUT2D eigenvalue weighted by Gasteiger charge is 2.11. The van der Waals surface area contributed by atoms with E-state index in [-0.39, 0.29) is 11.4 Å². The number of hydrogen-bond acceptors (Lipinski definition) is 3.